The van der Waals surface area contributed by atoms with Crippen LogP contribution in [0.1, 0.15) is 103 Å². The molecule has 4 heterocycles. The molecule has 2 aromatic carbocycles. The number of carbonyl (C=O) groups excluding carboxylic acids is 3. The highest BCUT2D eigenvalue weighted by Crippen LogP contribution is 2.68. The molecule has 1 aromatic heterocycles. The zero-order chi connectivity index (χ0) is 32.6. The van der Waals surface area contributed by atoms with Gasteiger partial charge < -0.3 is 15.3 Å². The molecule has 6 aliphatic rings. The lowest BCUT2D eigenvalue weighted by molar-refractivity contribution is -0.136. The van der Waals surface area contributed by atoms with Crippen LogP contribution in [-0.2, 0) is 33.7 Å². The van der Waals surface area contributed by atoms with Crippen molar-refractivity contribution in [2.45, 2.75) is 100 Å². The third-order valence-electron chi connectivity index (χ3n) is 11.5. The van der Waals surface area contributed by atoms with Gasteiger partial charge in [-0.15, -0.1) is 0 Å². The molecular formula is C37H42N6O4. The molecule has 9 rings (SSSR count). The summed E-state index contributed by atoms with van der Waals surface area (Å²) in [7, 11) is 0. The van der Waals surface area contributed by atoms with E-state index in [9.17, 15) is 19.5 Å². The van der Waals surface area contributed by atoms with Crippen LogP contribution >= 0.6 is 0 Å². The summed E-state index contributed by atoms with van der Waals surface area (Å²) in [6.07, 6.45) is 8.99. The Morgan fingerprint density at radius 1 is 0.979 bits per heavy atom. The Balaban J connectivity index is 0.842. The topological polar surface area (TPSA) is 128 Å². The molecule has 3 amide bonds. The van der Waals surface area contributed by atoms with E-state index >= 15 is 0 Å². The maximum absolute atomic E-state index is 13.1. The van der Waals surface area contributed by atoms with Crippen LogP contribution in [0.3, 0.4) is 0 Å². The summed E-state index contributed by atoms with van der Waals surface area (Å²) in [6.45, 7) is 7.01. The first kappa shape index (κ1) is 30.2. The number of amides is 3. The van der Waals surface area contributed by atoms with Crippen LogP contribution in [0.5, 0.6) is 0 Å². The number of imide groups is 1. The lowest BCUT2D eigenvalue weighted by Crippen LogP contribution is -2.73. The van der Waals surface area contributed by atoms with Crippen LogP contribution < -0.4 is 10.6 Å². The maximum atomic E-state index is 13.1. The molecule has 2 bridgehead atoms. The van der Waals surface area contributed by atoms with E-state index < -0.39 is 17.6 Å². The largest absolute Gasteiger partial charge is 0.385 e. The minimum Gasteiger partial charge on any atom is -0.385 e. The maximum Gasteiger partial charge on any atom is 0.255 e. The zero-order valence-electron chi connectivity index (χ0n) is 27.1. The van der Waals surface area contributed by atoms with Gasteiger partial charge in [-0.1, -0.05) is 50.2 Å². The number of nitrogens with one attached hydrogen (secondary N) is 2. The average Bonchev–Trinajstić information content (AvgIpc) is 3.35. The van der Waals surface area contributed by atoms with Crippen LogP contribution in [-0.4, -0.2) is 67.3 Å². The number of anilines is 1. The minimum atomic E-state index is -0.962. The summed E-state index contributed by atoms with van der Waals surface area (Å²) in [4.78, 5) is 50.1. The second-order valence-corrected chi connectivity index (χ2v) is 15.0. The number of carbonyl (C=O) groups is 3. The van der Waals surface area contributed by atoms with Crippen molar-refractivity contribution in [3.63, 3.8) is 0 Å². The number of fused-ring (bicyclic) bond motifs is 1. The first-order valence-corrected chi connectivity index (χ1v) is 17.0. The number of likely N-dealkylation sites (tertiary alicyclic amines) is 1. The van der Waals surface area contributed by atoms with Gasteiger partial charge in [0.25, 0.3) is 5.91 Å². The van der Waals surface area contributed by atoms with Gasteiger partial charge in [-0.3, -0.25) is 24.6 Å². The molecule has 3 saturated carbocycles. The van der Waals surface area contributed by atoms with Crippen molar-refractivity contribution in [2.24, 2.45) is 0 Å². The van der Waals surface area contributed by atoms with Crippen molar-refractivity contribution in [1.29, 1.82) is 0 Å². The van der Waals surface area contributed by atoms with E-state index in [1.165, 1.54) is 11.1 Å². The summed E-state index contributed by atoms with van der Waals surface area (Å²) < 4.78 is 0. The van der Waals surface area contributed by atoms with Gasteiger partial charge in [0, 0.05) is 61.5 Å². The van der Waals surface area contributed by atoms with Gasteiger partial charge in [0.2, 0.25) is 17.8 Å². The van der Waals surface area contributed by atoms with Crippen molar-refractivity contribution in [2.75, 3.05) is 18.4 Å². The number of piperidine rings is 2. The highest BCUT2D eigenvalue weighted by atomic mass is 16.3. The second kappa shape index (κ2) is 11.0. The first-order valence-electron chi connectivity index (χ1n) is 17.0. The van der Waals surface area contributed by atoms with Crippen LogP contribution in [0.2, 0.25) is 0 Å². The highest BCUT2D eigenvalue weighted by Gasteiger charge is 2.68. The fourth-order valence-electron chi connectivity index (χ4n) is 8.62. The van der Waals surface area contributed by atoms with Crippen molar-refractivity contribution in [3.8, 4) is 0 Å². The third-order valence-corrected chi connectivity index (χ3v) is 11.5. The number of aliphatic hydroxyl groups is 1. The van der Waals surface area contributed by atoms with Gasteiger partial charge in [0.15, 0.2) is 0 Å². The van der Waals surface area contributed by atoms with Gasteiger partial charge in [0.05, 0.1) is 5.60 Å². The van der Waals surface area contributed by atoms with Crippen molar-refractivity contribution in [3.05, 3.63) is 88.2 Å². The SMILES string of the molecule is CC(C)c1cnc(NC23CC(c4ccc(CN5CCC(O)(c6ccc7c(c6)CN(C6CCC(=O)NC6=O)C7=O)CC5)cc4)(C2)C3)nc1. The van der Waals surface area contributed by atoms with E-state index in [4.69, 9.17) is 0 Å². The first-order chi connectivity index (χ1) is 22.5. The minimum absolute atomic E-state index is 0.129. The molecule has 10 nitrogen and oxygen atoms in total. The van der Waals surface area contributed by atoms with Crippen molar-refractivity contribution < 1.29 is 19.5 Å². The highest BCUT2D eigenvalue weighted by molar-refractivity contribution is 6.05. The Bertz CT molecular complexity index is 1730. The number of rotatable bonds is 8. The van der Waals surface area contributed by atoms with Crippen LogP contribution in [0, 0.1) is 0 Å². The predicted molar refractivity (Wildman–Crippen MR) is 175 cm³/mol. The lowest BCUT2D eigenvalue weighted by atomic mass is 9.37. The predicted octanol–water partition coefficient (Wildman–Crippen LogP) is 4.13. The molecule has 3 aliphatic heterocycles. The molecule has 1 unspecified atom stereocenters. The Morgan fingerprint density at radius 2 is 1.66 bits per heavy atom. The number of benzene rings is 2. The zero-order valence-corrected chi connectivity index (χ0v) is 27.1. The van der Waals surface area contributed by atoms with E-state index in [0.29, 0.717) is 37.3 Å². The number of nitrogens with zero attached hydrogens (tertiary/aromatic N) is 4. The second-order valence-electron chi connectivity index (χ2n) is 15.0. The monoisotopic (exact) mass is 634 g/mol. The fourth-order valence-corrected chi connectivity index (χ4v) is 8.62. The van der Waals surface area contributed by atoms with Gasteiger partial charge in [-0.25, -0.2) is 9.97 Å². The summed E-state index contributed by atoms with van der Waals surface area (Å²) >= 11 is 0. The molecule has 10 heteroatoms. The van der Waals surface area contributed by atoms with E-state index in [0.717, 1.165) is 61.5 Å². The molecule has 47 heavy (non-hydrogen) atoms. The smallest absolute Gasteiger partial charge is 0.255 e. The fraction of sp³-hybridized carbons (Fsp3) is 0.486. The normalized spacial score (nSPS) is 28.0. The summed E-state index contributed by atoms with van der Waals surface area (Å²) in [5.41, 5.74) is 5.50. The van der Waals surface area contributed by atoms with E-state index in [2.05, 4.69) is 63.6 Å². The van der Waals surface area contributed by atoms with Crippen LogP contribution in [0.25, 0.3) is 0 Å². The molecule has 0 spiro atoms. The van der Waals surface area contributed by atoms with E-state index in [1.54, 1.807) is 11.0 Å². The van der Waals surface area contributed by atoms with Gasteiger partial charge in [-0.2, -0.15) is 0 Å². The Morgan fingerprint density at radius 3 is 2.32 bits per heavy atom. The Hall–Kier alpha value is -4.15. The number of hydrogen-bond acceptors (Lipinski definition) is 8. The third kappa shape index (κ3) is 5.22. The molecule has 244 valence electrons. The molecule has 1 atom stereocenters. The quantitative estimate of drug-likeness (QED) is 0.316. The van der Waals surface area contributed by atoms with Gasteiger partial charge >= 0.3 is 0 Å². The summed E-state index contributed by atoms with van der Waals surface area (Å²) in [5.74, 6) is 0.253. The molecule has 3 aromatic rings. The van der Waals surface area contributed by atoms with Gasteiger partial charge in [0.1, 0.15) is 6.04 Å². The van der Waals surface area contributed by atoms with Crippen LogP contribution in [0.15, 0.2) is 54.9 Å². The van der Waals surface area contributed by atoms with Crippen molar-refractivity contribution in [1.82, 2.24) is 25.1 Å². The molecule has 3 aliphatic carbocycles. The molecule has 0 radical (unpaired) electrons. The molecular weight excluding hydrogens is 592 g/mol. The Labute approximate surface area is 275 Å². The average molecular weight is 635 g/mol. The summed E-state index contributed by atoms with van der Waals surface area (Å²) in [5, 5.41) is 17.6. The van der Waals surface area contributed by atoms with E-state index in [1.807, 2.05) is 24.5 Å². The Kier molecular flexibility index (Phi) is 7.04. The molecule has 3 N–H and O–H groups in total. The molecule has 2 saturated heterocycles. The number of aromatic nitrogens is 2. The standard InChI is InChI=1S/C37H42N6O4/c1-23(2)26-16-38-34(39-17-26)41-36-20-35(21-36,22-36)27-5-3-24(4-6-27)18-42-13-11-37(47,12-14-42)28-7-8-29-25(15-28)19-43(33(29)46)30-9-10-31(44)40-32(30)45/h3-8,15-17,23,30,47H,9-14,18-22H2,1-2H3,(H,38,39,41)(H,40,44,45). The van der Waals surface area contributed by atoms with Crippen LogP contribution in [0.4, 0.5) is 5.95 Å². The lowest BCUT2D eigenvalue weighted by Gasteiger charge is -2.71. The molecule has 5 fully saturated rings. The number of hydrogen-bond donors (Lipinski definition) is 3. The summed E-state index contributed by atoms with van der Waals surface area (Å²) in [6, 6.07) is 14.1. The van der Waals surface area contributed by atoms with Gasteiger partial charge in [-0.05, 0) is 78.3 Å². The van der Waals surface area contributed by atoms with E-state index in [-0.39, 0.29) is 29.2 Å². The van der Waals surface area contributed by atoms with Crippen molar-refractivity contribution >= 4 is 23.7 Å².